The Morgan fingerprint density at radius 2 is 2.08 bits per heavy atom. The molecule has 3 rings (SSSR count). The number of aromatic nitrogens is 2. The van der Waals surface area contributed by atoms with E-state index in [1.165, 1.54) is 13.2 Å². The van der Waals surface area contributed by atoms with Crippen molar-refractivity contribution in [1.29, 1.82) is 0 Å². The van der Waals surface area contributed by atoms with Crippen molar-refractivity contribution in [2.24, 2.45) is 0 Å². The van der Waals surface area contributed by atoms with Crippen molar-refractivity contribution in [1.82, 2.24) is 14.9 Å². The van der Waals surface area contributed by atoms with Crippen LogP contribution in [0, 0.1) is 0 Å². The van der Waals surface area contributed by atoms with Crippen molar-refractivity contribution in [2.75, 3.05) is 19.9 Å². The van der Waals surface area contributed by atoms with Gasteiger partial charge in [0.15, 0.2) is 11.5 Å². The van der Waals surface area contributed by atoms with E-state index in [2.05, 4.69) is 14.9 Å². The minimum atomic E-state index is -3.42. The smallest absolute Gasteiger partial charge is 0.246 e. The van der Waals surface area contributed by atoms with Gasteiger partial charge in [-0.3, -0.25) is 4.90 Å². The molecule has 2 N–H and O–H groups in total. The molecular formula is C16H19N3O5S. The van der Waals surface area contributed by atoms with E-state index in [4.69, 9.17) is 4.74 Å². The average Bonchev–Trinajstić information content (AvgIpc) is 2.56. The number of phenolic OH excluding ortho intramolecular Hbond substituents is 2. The number of benzene rings is 1. The van der Waals surface area contributed by atoms with Crippen molar-refractivity contribution in [3.8, 4) is 17.2 Å². The van der Waals surface area contributed by atoms with Gasteiger partial charge in [0.25, 0.3) is 0 Å². The molecule has 1 aromatic carbocycles. The Morgan fingerprint density at radius 3 is 2.76 bits per heavy atom. The lowest BCUT2D eigenvalue weighted by molar-refractivity contribution is 0.241. The third-order valence-corrected chi connectivity index (χ3v) is 4.92. The second kappa shape index (κ2) is 6.49. The third-order valence-electron chi connectivity index (χ3n) is 4.06. The van der Waals surface area contributed by atoms with Gasteiger partial charge in [-0.15, -0.1) is 0 Å². The molecule has 2 heterocycles. The number of ether oxygens (including phenoxy) is 1. The van der Waals surface area contributed by atoms with Gasteiger partial charge in [-0.1, -0.05) is 0 Å². The molecule has 0 atom stereocenters. The van der Waals surface area contributed by atoms with Crippen molar-refractivity contribution in [3.63, 3.8) is 0 Å². The van der Waals surface area contributed by atoms with E-state index >= 15 is 0 Å². The zero-order valence-corrected chi connectivity index (χ0v) is 14.7. The van der Waals surface area contributed by atoms with Gasteiger partial charge in [0.2, 0.25) is 20.7 Å². The Kier molecular flexibility index (Phi) is 4.53. The molecule has 1 aromatic heterocycles. The molecule has 0 saturated heterocycles. The monoisotopic (exact) mass is 365 g/mol. The second-order valence-corrected chi connectivity index (χ2v) is 7.93. The number of hydrogen-bond donors (Lipinski definition) is 2. The Morgan fingerprint density at radius 1 is 1.32 bits per heavy atom. The summed E-state index contributed by atoms with van der Waals surface area (Å²) in [6.07, 6.45) is 3.26. The van der Waals surface area contributed by atoms with Crippen LogP contribution in [0.25, 0.3) is 0 Å². The maximum Gasteiger partial charge on any atom is 0.246 e. The molecule has 0 fully saturated rings. The molecule has 0 aliphatic carbocycles. The topological polar surface area (TPSA) is 113 Å². The molecule has 0 amide bonds. The molecule has 2 aromatic rings. The summed E-state index contributed by atoms with van der Waals surface area (Å²) in [7, 11) is -1.99. The van der Waals surface area contributed by atoms with E-state index < -0.39 is 9.84 Å². The summed E-state index contributed by atoms with van der Waals surface area (Å²) in [6, 6.07) is 3.17. The van der Waals surface area contributed by atoms with E-state index in [0.717, 1.165) is 23.1 Å². The molecule has 25 heavy (non-hydrogen) atoms. The van der Waals surface area contributed by atoms with Crippen LogP contribution >= 0.6 is 0 Å². The molecule has 0 bridgehead atoms. The van der Waals surface area contributed by atoms with E-state index in [1.807, 2.05) is 0 Å². The summed E-state index contributed by atoms with van der Waals surface area (Å²) in [6.45, 7) is 1.80. The Labute approximate surface area is 145 Å². The summed E-state index contributed by atoms with van der Waals surface area (Å²) in [5.41, 5.74) is 2.43. The maximum atomic E-state index is 11.6. The fraction of sp³-hybridized carbons (Fsp3) is 0.375. The van der Waals surface area contributed by atoms with Gasteiger partial charge in [-0.25, -0.2) is 18.4 Å². The largest absolute Gasteiger partial charge is 0.504 e. The van der Waals surface area contributed by atoms with Crippen LogP contribution in [-0.2, 0) is 29.3 Å². The number of sulfone groups is 1. The number of rotatable bonds is 4. The highest BCUT2D eigenvalue weighted by Gasteiger charge is 2.21. The predicted molar refractivity (Wildman–Crippen MR) is 89.3 cm³/mol. The summed E-state index contributed by atoms with van der Waals surface area (Å²) in [5.74, 6) is -0.293. The lowest BCUT2D eigenvalue weighted by Gasteiger charge is -2.28. The summed E-state index contributed by atoms with van der Waals surface area (Å²) in [5, 5.41) is 19.3. The third kappa shape index (κ3) is 3.67. The summed E-state index contributed by atoms with van der Waals surface area (Å²) < 4.78 is 28.2. The van der Waals surface area contributed by atoms with E-state index in [1.54, 1.807) is 12.3 Å². The number of phenols is 2. The zero-order chi connectivity index (χ0) is 18.2. The zero-order valence-electron chi connectivity index (χ0n) is 13.9. The molecule has 1 aliphatic rings. The lowest BCUT2D eigenvalue weighted by atomic mass is 10.1. The number of methoxy groups -OCH3 is 1. The van der Waals surface area contributed by atoms with E-state index in [0.29, 0.717) is 26.1 Å². The standard InChI is InChI=1S/C16H19N3O5S/c1-24-14-6-10(5-13(20)15(14)21)8-19-4-3-12-11(9-19)7-17-16(18-12)25(2,22)23/h5-7,20-21H,3-4,8-9H2,1-2H3. The van der Waals surface area contributed by atoms with Gasteiger partial charge in [0.1, 0.15) is 0 Å². The van der Waals surface area contributed by atoms with Gasteiger partial charge in [0.05, 0.1) is 12.8 Å². The lowest BCUT2D eigenvalue weighted by Crippen LogP contribution is -2.31. The first-order valence-corrected chi connectivity index (χ1v) is 9.53. The highest BCUT2D eigenvalue weighted by atomic mass is 32.2. The van der Waals surface area contributed by atoms with Crippen LogP contribution in [0.1, 0.15) is 16.8 Å². The number of fused-ring (bicyclic) bond motifs is 1. The summed E-state index contributed by atoms with van der Waals surface area (Å²) in [4.78, 5) is 10.2. The van der Waals surface area contributed by atoms with Gasteiger partial charge in [0, 0.05) is 44.1 Å². The van der Waals surface area contributed by atoms with Crippen molar-refractivity contribution in [3.05, 3.63) is 35.2 Å². The van der Waals surface area contributed by atoms with Crippen molar-refractivity contribution in [2.45, 2.75) is 24.7 Å². The van der Waals surface area contributed by atoms with Crippen LogP contribution in [0.4, 0.5) is 0 Å². The molecule has 0 unspecified atom stereocenters. The first-order chi connectivity index (χ1) is 11.8. The highest BCUT2D eigenvalue weighted by molar-refractivity contribution is 7.90. The summed E-state index contributed by atoms with van der Waals surface area (Å²) >= 11 is 0. The maximum absolute atomic E-state index is 11.6. The fourth-order valence-electron chi connectivity index (χ4n) is 2.82. The van der Waals surface area contributed by atoms with Crippen LogP contribution in [0.2, 0.25) is 0 Å². The molecule has 0 saturated carbocycles. The Hall–Kier alpha value is -2.39. The van der Waals surface area contributed by atoms with Crippen molar-refractivity contribution < 1.29 is 23.4 Å². The molecule has 9 heteroatoms. The molecule has 8 nitrogen and oxygen atoms in total. The first-order valence-electron chi connectivity index (χ1n) is 7.64. The Bertz CT molecular complexity index is 914. The fourth-order valence-corrected chi connectivity index (χ4v) is 3.34. The van der Waals surface area contributed by atoms with E-state index in [9.17, 15) is 18.6 Å². The van der Waals surface area contributed by atoms with Crippen LogP contribution in [0.3, 0.4) is 0 Å². The molecule has 0 radical (unpaired) electrons. The number of hydrogen-bond acceptors (Lipinski definition) is 8. The van der Waals surface area contributed by atoms with Crippen LogP contribution in [0.15, 0.2) is 23.5 Å². The van der Waals surface area contributed by atoms with Gasteiger partial charge < -0.3 is 14.9 Å². The van der Waals surface area contributed by atoms with E-state index in [-0.39, 0.29) is 22.4 Å². The Balaban J connectivity index is 1.79. The van der Waals surface area contributed by atoms with Crippen LogP contribution in [0.5, 0.6) is 17.2 Å². The SMILES string of the molecule is COc1cc(CN2CCc3nc(S(C)(=O)=O)ncc3C2)cc(O)c1O. The quantitative estimate of drug-likeness (QED) is 0.606. The molecule has 1 aliphatic heterocycles. The minimum Gasteiger partial charge on any atom is -0.504 e. The number of aromatic hydroxyl groups is 2. The van der Waals surface area contributed by atoms with Gasteiger partial charge in [-0.05, 0) is 17.7 Å². The van der Waals surface area contributed by atoms with Crippen LogP contribution < -0.4 is 4.74 Å². The molecule has 0 spiro atoms. The first kappa shape index (κ1) is 17.4. The highest BCUT2D eigenvalue weighted by Crippen LogP contribution is 2.36. The molecule has 134 valence electrons. The second-order valence-electron chi connectivity index (χ2n) is 6.02. The predicted octanol–water partition coefficient (Wildman–Crippen LogP) is 0.858. The molecular weight excluding hydrogens is 346 g/mol. The van der Waals surface area contributed by atoms with Crippen molar-refractivity contribution >= 4 is 9.84 Å². The normalized spacial score (nSPS) is 15.0. The minimum absolute atomic E-state index is 0.145. The van der Waals surface area contributed by atoms with Gasteiger partial charge >= 0.3 is 0 Å². The van der Waals surface area contributed by atoms with Crippen LogP contribution in [-0.4, -0.2) is 53.4 Å². The number of nitrogens with zero attached hydrogens (tertiary/aromatic N) is 3. The average molecular weight is 365 g/mol. The van der Waals surface area contributed by atoms with Gasteiger partial charge in [-0.2, -0.15) is 0 Å².